The highest BCUT2D eigenvalue weighted by Crippen LogP contribution is 2.42. The maximum atomic E-state index is 9.81. The van der Waals surface area contributed by atoms with Gasteiger partial charge in [0.1, 0.15) is 11.2 Å². The number of rotatable bonds is 6. The Bertz CT molecular complexity index is 4070. The normalized spacial score (nSPS) is 13.8. The van der Waals surface area contributed by atoms with Gasteiger partial charge in [0, 0.05) is 53.0 Å². The molecule has 12 rings (SSSR count). The fourth-order valence-corrected chi connectivity index (χ4v) is 9.11. The lowest BCUT2D eigenvalue weighted by molar-refractivity contribution is 0.672. The van der Waals surface area contributed by atoms with Gasteiger partial charge < -0.3 is 4.42 Å². The van der Waals surface area contributed by atoms with E-state index >= 15 is 0 Å². The van der Waals surface area contributed by atoms with E-state index in [0.717, 1.165) is 53.6 Å². The van der Waals surface area contributed by atoms with Gasteiger partial charge in [-0.15, -0.1) is 11.3 Å². The molecule has 3 heterocycles. The van der Waals surface area contributed by atoms with Gasteiger partial charge in [0.2, 0.25) is 0 Å². The molecule has 0 N–H and O–H groups in total. The molecule has 0 amide bonds. The summed E-state index contributed by atoms with van der Waals surface area (Å²) >= 11 is 1.65. The number of furan rings is 1. The van der Waals surface area contributed by atoms with Gasteiger partial charge in [0.15, 0.2) is 17.5 Å². The maximum Gasteiger partial charge on any atom is 0.164 e. The Balaban J connectivity index is 1.14. The van der Waals surface area contributed by atoms with Crippen LogP contribution >= 0.6 is 11.3 Å². The summed E-state index contributed by atoms with van der Waals surface area (Å²) in [6, 6.07) is 44.3. The fourth-order valence-electron chi connectivity index (χ4n) is 7.94. The molecular formula is C55H33N3OS. The first kappa shape index (κ1) is 26.3. The Hall–Kier alpha value is -7.73. The van der Waals surface area contributed by atoms with Crippen molar-refractivity contribution in [2.45, 2.75) is 0 Å². The first-order valence-corrected chi connectivity index (χ1v) is 20.2. The average molecular weight is 793 g/mol. The molecule has 0 radical (unpaired) electrons. The summed E-state index contributed by atoms with van der Waals surface area (Å²) in [4.78, 5) is 15.2. The molecule has 9 aromatic carbocycles. The van der Waals surface area contributed by atoms with Crippen LogP contribution in [0.25, 0.3) is 120 Å². The monoisotopic (exact) mass is 792 g/mol. The van der Waals surface area contributed by atoms with Crippen LogP contribution in [-0.4, -0.2) is 15.0 Å². The SMILES string of the molecule is [2H]c1c(-c2nc(-c3cc(-c4ccccc4)cc(-c4ccccc4)c3)nc(-c3ccc4c(c3)sc3cccc(-c5ccccc5)c34)n2)c([2H])c2c(oc3c4c([2H])c([2H])c([2H])c([2H])c4c([2H])c([2H])c32)c1[2H]. The smallest absolute Gasteiger partial charge is 0.164 e. The Labute approximate surface area is 362 Å². The lowest BCUT2D eigenvalue weighted by Gasteiger charge is -2.12. The van der Waals surface area contributed by atoms with E-state index in [0.29, 0.717) is 11.1 Å². The molecule has 3 aromatic heterocycles. The van der Waals surface area contributed by atoms with E-state index in [4.69, 9.17) is 27.6 Å². The Morgan fingerprint density at radius 3 is 1.80 bits per heavy atom. The van der Waals surface area contributed by atoms with Crippen LogP contribution in [0.1, 0.15) is 12.3 Å². The molecule has 0 atom stereocenters. The third kappa shape index (κ3) is 5.86. The molecule has 12 aromatic rings. The van der Waals surface area contributed by atoms with Crippen LogP contribution < -0.4 is 0 Å². The van der Waals surface area contributed by atoms with Crippen LogP contribution in [0, 0.1) is 0 Å². The third-order valence-electron chi connectivity index (χ3n) is 10.8. The van der Waals surface area contributed by atoms with E-state index in [1.807, 2.05) is 103 Å². The summed E-state index contributed by atoms with van der Waals surface area (Å²) in [6.07, 6.45) is 0. The Morgan fingerprint density at radius 2 is 1.07 bits per heavy atom. The summed E-state index contributed by atoms with van der Waals surface area (Å²) in [5.74, 6) is 0.416. The van der Waals surface area contributed by atoms with Gasteiger partial charge in [-0.25, -0.2) is 15.0 Å². The van der Waals surface area contributed by atoms with Crippen LogP contribution in [0.3, 0.4) is 0 Å². The number of aromatic nitrogens is 3. The van der Waals surface area contributed by atoms with E-state index in [9.17, 15) is 4.11 Å². The Morgan fingerprint density at radius 1 is 0.417 bits per heavy atom. The topological polar surface area (TPSA) is 51.8 Å². The molecule has 60 heavy (non-hydrogen) atoms. The molecule has 0 saturated heterocycles. The molecule has 0 spiro atoms. The van der Waals surface area contributed by atoms with Crippen molar-refractivity contribution in [2.24, 2.45) is 0 Å². The van der Waals surface area contributed by atoms with Crippen molar-refractivity contribution in [3.63, 3.8) is 0 Å². The van der Waals surface area contributed by atoms with E-state index in [2.05, 4.69) is 42.5 Å². The molecule has 4 nitrogen and oxygen atoms in total. The number of benzene rings is 9. The van der Waals surface area contributed by atoms with E-state index in [1.54, 1.807) is 11.3 Å². The lowest BCUT2D eigenvalue weighted by atomic mass is 9.96. The van der Waals surface area contributed by atoms with Crippen LogP contribution in [0.4, 0.5) is 0 Å². The van der Waals surface area contributed by atoms with Gasteiger partial charge >= 0.3 is 0 Å². The highest BCUT2D eigenvalue weighted by molar-refractivity contribution is 7.26. The number of fused-ring (bicyclic) bond motifs is 8. The number of thiophene rings is 1. The Kier molecular flexibility index (Phi) is 6.13. The predicted octanol–water partition coefficient (Wildman–Crippen LogP) is 15.3. The van der Waals surface area contributed by atoms with Crippen LogP contribution in [0.2, 0.25) is 0 Å². The van der Waals surface area contributed by atoms with Crippen LogP contribution in [0.5, 0.6) is 0 Å². The fraction of sp³-hybridized carbons (Fsp3) is 0. The zero-order valence-corrected chi connectivity index (χ0v) is 32.3. The molecule has 0 aliphatic heterocycles. The van der Waals surface area contributed by atoms with E-state index in [-0.39, 0.29) is 61.8 Å². The minimum Gasteiger partial charge on any atom is -0.455 e. The summed E-state index contributed by atoms with van der Waals surface area (Å²) in [7, 11) is 0. The van der Waals surface area contributed by atoms with Gasteiger partial charge in [-0.3, -0.25) is 0 Å². The molecule has 0 unspecified atom stereocenters. The molecule has 0 bridgehead atoms. The highest BCUT2D eigenvalue weighted by Gasteiger charge is 2.19. The second-order valence-electron chi connectivity index (χ2n) is 14.5. The zero-order valence-electron chi connectivity index (χ0n) is 40.5. The number of nitrogens with zero attached hydrogens (tertiary/aromatic N) is 3. The summed E-state index contributed by atoms with van der Waals surface area (Å²) < 4.78 is 89.1. The van der Waals surface area contributed by atoms with Crippen LogP contribution in [-0.2, 0) is 0 Å². The quantitative estimate of drug-likeness (QED) is 0.168. The van der Waals surface area contributed by atoms with Crippen molar-refractivity contribution in [3.05, 3.63) is 200 Å². The molecule has 0 aliphatic rings. The van der Waals surface area contributed by atoms with Crippen molar-refractivity contribution in [2.75, 3.05) is 0 Å². The highest BCUT2D eigenvalue weighted by atomic mass is 32.1. The summed E-state index contributed by atoms with van der Waals surface area (Å²) in [5, 5.41) is 1.67. The van der Waals surface area contributed by atoms with Crippen LogP contribution in [0.15, 0.2) is 204 Å². The molecule has 280 valence electrons. The van der Waals surface area contributed by atoms with E-state index in [1.165, 1.54) is 0 Å². The van der Waals surface area contributed by atoms with Crippen molar-refractivity contribution in [1.29, 1.82) is 0 Å². The molecule has 0 fully saturated rings. The van der Waals surface area contributed by atoms with E-state index < -0.39 is 48.3 Å². The third-order valence-corrected chi connectivity index (χ3v) is 11.9. The summed E-state index contributed by atoms with van der Waals surface area (Å²) in [6.45, 7) is 0. The lowest BCUT2D eigenvalue weighted by Crippen LogP contribution is -2.00. The molecule has 0 aliphatic carbocycles. The largest absolute Gasteiger partial charge is 0.455 e. The summed E-state index contributed by atoms with van der Waals surface area (Å²) in [5.41, 5.74) is 6.67. The second-order valence-corrected chi connectivity index (χ2v) is 15.5. The molecule has 0 saturated carbocycles. The maximum absolute atomic E-state index is 9.81. The molecular weight excluding hydrogens is 751 g/mol. The van der Waals surface area contributed by atoms with Crippen molar-refractivity contribution < 1.29 is 16.8 Å². The van der Waals surface area contributed by atoms with Gasteiger partial charge in [-0.05, 0) is 93.3 Å². The first-order valence-electron chi connectivity index (χ1n) is 23.9. The van der Waals surface area contributed by atoms with Gasteiger partial charge in [0.05, 0.1) is 12.3 Å². The zero-order chi connectivity index (χ0) is 47.4. The van der Waals surface area contributed by atoms with Crippen molar-refractivity contribution >= 4 is 64.2 Å². The average Bonchev–Trinajstić information content (AvgIpc) is 3.98. The number of hydrogen-bond donors (Lipinski definition) is 0. The number of hydrogen-bond acceptors (Lipinski definition) is 5. The van der Waals surface area contributed by atoms with Gasteiger partial charge in [-0.1, -0.05) is 145 Å². The minimum absolute atomic E-state index is 0.0734. The second kappa shape index (κ2) is 14.0. The van der Waals surface area contributed by atoms with Gasteiger partial charge in [0.25, 0.3) is 0 Å². The first-order chi connectivity index (χ1) is 33.5. The minimum atomic E-state index is -0.566. The van der Waals surface area contributed by atoms with Crippen molar-refractivity contribution in [1.82, 2.24) is 15.0 Å². The standard InChI is InChI=1S/C55H33N3OS/c1-4-13-34(14-5-1)40-29-41(35-15-6-2-7-16-35)31-42(30-40)55-57-53(38-25-28-48-47(32-38)45-26-23-37-19-10-11-20-44(37)52(45)59-48)56-54(58-55)39-24-27-46-50(33-39)60-49-22-12-21-43(51(46)49)36-17-8-3-9-18-36/h1-33H/i10D,11D,19D,20D,23D,25D,26D,28D,32D. The van der Waals surface area contributed by atoms with Gasteiger partial charge in [-0.2, -0.15) is 0 Å². The van der Waals surface area contributed by atoms with Crippen molar-refractivity contribution in [3.8, 4) is 67.5 Å². The molecule has 5 heteroatoms. The predicted molar refractivity (Wildman–Crippen MR) is 250 cm³/mol.